The molecule has 0 aliphatic heterocycles. The number of benzene rings is 1. The smallest absolute Gasteiger partial charge is 0.416 e. The average Bonchev–Trinajstić information content (AvgIpc) is 3.24. The van der Waals surface area contributed by atoms with Crippen molar-refractivity contribution in [3.63, 3.8) is 0 Å². The predicted octanol–water partition coefficient (Wildman–Crippen LogP) is 4.85. The number of hydrogen-bond acceptors (Lipinski definition) is 5. The summed E-state index contributed by atoms with van der Waals surface area (Å²) in [5.41, 5.74) is 1.32. The van der Waals surface area contributed by atoms with Gasteiger partial charge in [-0.25, -0.2) is 4.98 Å². The van der Waals surface area contributed by atoms with Crippen LogP contribution in [0.25, 0.3) is 11.5 Å². The number of aromatic nitrogens is 2. The summed E-state index contributed by atoms with van der Waals surface area (Å²) in [6.45, 7) is 4.28. The molecular formula is C18H18F3N3O2. The topological polar surface area (TPSA) is 55.3 Å². The predicted molar refractivity (Wildman–Crippen MR) is 88.1 cm³/mol. The van der Waals surface area contributed by atoms with Gasteiger partial charge in [0, 0.05) is 18.2 Å². The van der Waals surface area contributed by atoms with Crippen molar-refractivity contribution in [1.82, 2.24) is 15.0 Å². The molecule has 2 heterocycles. The van der Waals surface area contributed by atoms with E-state index in [0.717, 1.165) is 23.5 Å². The van der Waals surface area contributed by atoms with Crippen molar-refractivity contribution in [2.75, 3.05) is 7.05 Å². The Kier molecular flexibility index (Phi) is 4.86. The highest BCUT2D eigenvalue weighted by Crippen LogP contribution is 2.31. The molecule has 0 amide bonds. The number of aryl methyl sites for hydroxylation is 1. The summed E-state index contributed by atoms with van der Waals surface area (Å²) in [5, 5.41) is 3.93. The normalized spacial score (nSPS) is 13.3. The summed E-state index contributed by atoms with van der Waals surface area (Å²) in [6, 6.07) is 6.57. The fourth-order valence-corrected chi connectivity index (χ4v) is 2.54. The van der Waals surface area contributed by atoms with Gasteiger partial charge in [-0.2, -0.15) is 13.2 Å². The second-order valence-corrected chi connectivity index (χ2v) is 6.11. The lowest BCUT2D eigenvalue weighted by molar-refractivity contribution is -0.137. The summed E-state index contributed by atoms with van der Waals surface area (Å²) in [6.07, 6.45) is -2.85. The quantitative estimate of drug-likeness (QED) is 0.647. The lowest BCUT2D eigenvalue weighted by atomic mass is 10.1. The minimum atomic E-state index is -4.36. The van der Waals surface area contributed by atoms with Gasteiger partial charge in [-0.1, -0.05) is 5.16 Å². The highest BCUT2D eigenvalue weighted by molar-refractivity contribution is 5.54. The van der Waals surface area contributed by atoms with E-state index in [1.54, 1.807) is 13.0 Å². The molecule has 8 heteroatoms. The highest BCUT2D eigenvalue weighted by Gasteiger charge is 2.30. The van der Waals surface area contributed by atoms with Gasteiger partial charge in [-0.05, 0) is 45.2 Å². The molecule has 0 bridgehead atoms. The van der Waals surface area contributed by atoms with Crippen molar-refractivity contribution in [3.8, 4) is 11.5 Å². The lowest BCUT2D eigenvalue weighted by Gasteiger charge is -2.21. The molecule has 0 saturated heterocycles. The van der Waals surface area contributed by atoms with Crippen molar-refractivity contribution in [3.05, 3.63) is 59.3 Å². The van der Waals surface area contributed by atoms with Gasteiger partial charge in [0.2, 0.25) is 5.89 Å². The summed E-state index contributed by atoms with van der Waals surface area (Å²) in [7, 11) is 1.92. The SMILES string of the molecule is Cc1oc(-c2ccc(C(F)(F)F)cc2)nc1CN(C)[C@@H](C)c1ccon1. The number of hydrogen-bond donors (Lipinski definition) is 0. The Balaban J connectivity index is 1.77. The molecule has 138 valence electrons. The van der Waals surface area contributed by atoms with E-state index in [2.05, 4.69) is 10.1 Å². The van der Waals surface area contributed by atoms with Crippen LogP contribution in [0.5, 0.6) is 0 Å². The number of nitrogens with zero attached hydrogens (tertiary/aromatic N) is 3. The Bertz CT molecular complexity index is 855. The van der Waals surface area contributed by atoms with Crippen molar-refractivity contribution in [1.29, 1.82) is 0 Å². The van der Waals surface area contributed by atoms with Crippen LogP contribution in [0.3, 0.4) is 0 Å². The fraction of sp³-hybridized carbons (Fsp3) is 0.333. The molecule has 0 spiro atoms. The van der Waals surface area contributed by atoms with Crippen LogP contribution in [0, 0.1) is 6.92 Å². The second kappa shape index (κ2) is 6.95. The van der Waals surface area contributed by atoms with Crippen LogP contribution in [-0.2, 0) is 12.7 Å². The zero-order valence-corrected chi connectivity index (χ0v) is 14.5. The highest BCUT2D eigenvalue weighted by atomic mass is 19.4. The molecule has 0 aliphatic carbocycles. The molecule has 0 saturated carbocycles. The van der Waals surface area contributed by atoms with Crippen LogP contribution in [-0.4, -0.2) is 22.1 Å². The summed E-state index contributed by atoms with van der Waals surface area (Å²) < 4.78 is 48.5. The third kappa shape index (κ3) is 3.80. The first-order valence-corrected chi connectivity index (χ1v) is 8.00. The van der Waals surface area contributed by atoms with Crippen LogP contribution in [0.2, 0.25) is 0 Å². The van der Waals surface area contributed by atoms with Gasteiger partial charge in [0.05, 0.1) is 17.3 Å². The van der Waals surface area contributed by atoms with Gasteiger partial charge in [0.25, 0.3) is 0 Å². The molecule has 0 radical (unpaired) electrons. The molecule has 5 nitrogen and oxygen atoms in total. The third-order valence-electron chi connectivity index (χ3n) is 4.30. The molecule has 1 aromatic carbocycles. The van der Waals surface area contributed by atoms with E-state index in [0.29, 0.717) is 23.8 Å². The van der Waals surface area contributed by atoms with Gasteiger partial charge in [-0.3, -0.25) is 4.90 Å². The second-order valence-electron chi connectivity index (χ2n) is 6.11. The Morgan fingerprint density at radius 2 is 1.85 bits per heavy atom. The lowest BCUT2D eigenvalue weighted by Crippen LogP contribution is -2.22. The number of oxazole rings is 1. The molecule has 3 aromatic rings. The standard InChI is InChI=1S/C18H18F3N3O2/c1-11(15-8-9-25-23-15)24(3)10-16-12(2)26-17(22-16)13-4-6-14(7-5-13)18(19,20)21/h4-9,11H,10H2,1-3H3/t11-/m0/s1. The maximum absolute atomic E-state index is 12.7. The summed E-state index contributed by atoms with van der Waals surface area (Å²) >= 11 is 0. The average molecular weight is 365 g/mol. The van der Waals surface area contributed by atoms with E-state index < -0.39 is 11.7 Å². The van der Waals surface area contributed by atoms with Crippen LogP contribution >= 0.6 is 0 Å². The molecule has 0 N–H and O–H groups in total. The van der Waals surface area contributed by atoms with Gasteiger partial charge >= 0.3 is 6.18 Å². The maximum atomic E-state index is 12.7. The van der Waals surface area contributed by atoms with E-state index >= 15 is 0 Å². The van der Waals surface area contributed by atoms with E-state index in [1.807, 2.05) is 18.9 Å². The Morgan fingerprint density at radius 3 is 2.42 bits per heavy atom. The molecule has 0 aliphatic rings. The van der Waals surface area contributed by atoms with E-state index in [1.165, 1.54) is 18.4 Å². The fourth-order valence-electron chi connectivity index (χ4n) is 2.54. The van der Waals surface area contributed by atoms with E-state index in [-0.39, 0.29) is 6.04 Å². The van der Waals surface area contributed by atoms with Crippen molar-refractivity contribution < 1.29 is 22.1 Å². The number of rotatable bonds is 5. The van der Waals surface area contributed by atoms with Gasteiger partial charge in [0.1, 0.15) is 17.7 Å². The van der Waals surface area contributed by atoms with E-state index in [9.17, 15) is 13.2 Å². The zero-order chi connectivity index (χ0) is 18.9. The molecule has 1 atom stereocenters. The van der Waals surface area contributed by atoms with Crippen molar-refractivity contribution in [2.24, 2.45) is 0 Å². The van der Waals surface area contributed by atoms with Crippen LogP contribution in [0.15, 0.2) is 45.5 Å². The Labute approximate surface area is 148 Å². The van der Waals surface area contributed by atoms with Crippen LogP contribution in [0.4, 0.5) is 13.2 Å². The first-order chi connectivity index (χ1) is 12.3. The van der Waals surface area contributed by atoms with Crippen LogP contribution < -0.4 is 0 Å². The molecular weight excluding hydrogens is 347 g/mol. The zero-order valence-electron chi connectivity index (χ0n) is 14.5. The molecule has 3 rings (SSSR count). The minimum Gasteiger partial charge on any atom is -0.441 e. The van der Waals surface area contributed by atoms with Gasteiger partial charge in [0.15, 0.2) is 0 Å². The first kappa shape index (κ1) is 18.2. The molecule has 26 heavy (non-hydrogen) atoms. The molecule has 0 fully saturated rings. The Hall–Kier alpha value is -2.61. The number of halogens is 3. The molecule has 2 aromatic heterocycles. The molecule has 0 unspecified atom stereocenters. The van der Waals surface area contributed by atoms with Crippen molar-refractivity contribution in [2.45, 2.75) is 32.6 Å². The largest absolute Gasteiger partial charge is 0.441 e. The summed E-state index contributed by atoms with van der Waals surface area (Å²) in [4.78, 5) is 6.47. The minimum absolute atomic E-state index is 0.0133. The van der Waals surface area contributed by atoms with Gasteiger partial charge < -0.3 is 8.94 Å². The summed E-state index contributed by atoms with van der Waals surface area (Å²) in [5.74, 6) is 0.924. The van der Waals surface area contributed by atoms with Gasteiger partial charge in [-0.15, -0.1) is 0 Å². The van der Waals surface area contributed by atoms with Crippen LogP contribution in [0.1, 0.15) is 35.7 Å². The monoisotopic (exact) mass is 365 g/mol. The first-order valence-electron chi connectivity index (χ1n) is 8.00. The maximum Gasteiger partial charge on any atom is 0.416 e. The third-order valence-corrected chi connectivity index (χ3v) is 4.30. The number of alkyl halides is 3. The van der Waals surface area contributed by atoms with E-state index in [4.69, 9.17) is 8.94 Å². The van der Waals surface area contributed by atoms with Crippen molar-refractivity contribution >= 4 is 0 Å². The Morgan fingerprint density at radius 1 is 1.15 bits per heavy atom.